The normalized spacial score (nSPS) is 37.6. The minimum absolute atomic E-state index is 0.184. The van der Waals surface area contributed by atoms with Crippen LogP contribution in [0.25, 0.3) is 0 Å². The average molecular weight is 223 g/mol. The molecular formula is C12H21N3O. The summed E-state index contributed by atoms with van der Waals surface area (Å²) >= 11 is 0. The van der Waals surface area contributed by atoms with Crippen LogP contribution in [-0.2, 0) is 0 Å². The zero-order valence-electron chi connectivity index (χ0n) is 9.91. The van der Waals surface area contributed by atoms with Gasteiger partial charge >= 0.3 is 6.03 Å². The van der Waals surface area contributed by atoms with Crippen molar-refractivity contribution in [2.45, 2.75) is 38.3 Å². The second kappa shape index (κ2) is 3.91. The third kappa shape index (κ3) is 1.69. The van der Waals surface area contributed by atoms with Crippen molar-refractivity contribution < 1.29 is 4.79 Å². The summed E-state index contributed by atoms with van der Waals surface area (Å²) < 4.78 is 0. The maximum absolute atomic E-state index is 12.1. The first kappa shape index (κ1) is 10.4. The van der Waals surface area contributed by atoms with Crippen LogP contribution in [0.2, 0.25) is 0 Å². The first-order valence-corrected chi connectivity index (χ1v) is 6.57. The van der Waals surface area contributed by atoms with Crippen molar-refractivity contribution in [1.29, 1.82) is 0 Å². The summed E-state index contributed by atoms with van der Waals surface area (Å²) in [5.74, 6) is 1.38. The number of hydrogen-bond donors (Lipinski definition) is 2. The molecule has 3 fully saturated rings. The van der Waals surface area contributed by atoms with E-state index in [1.165, 1.54) is 12.8 Å². The Morgan fingerprint density at radius 2 is 2.25 bits per heavy atom. The van der Waals surface area contributed by atoms with Crippen LogP contribution in [-0.4, -0.2) is 42.6 Å². The monoisotopic (exact) mass is 223 g/mol. The Hall–Kier alpha value is -0.770. The van der Waals surface area contributed by atoms with Crippen LogP contribution in [0.15, 0.2) is 0 Å². The molecule has 3 rings (SSSR count). The number of nitrogens with zero attached hydrogens (tertiary/aromatic N) is 1. The van der Waals surface area contributed by atoms with Crippen LogP contribution < -0.4 is 10.6 Å². The fraction of sp³-hybridized carbons (Fsp3) is 0.917. The van der Waals surface area contributed by atoms with Gasteiger partial charge in [0.1, 0.15) is 0 Å². The maximum atomic E-state index is 12.1. The Kier molecular flexibility index (Phi) is 2.54. The highest BCUT2D eigenvalue weighted by atomic mass is 16.2. The zero-order chi connectivity index (χ0) is 11.1. The molecule has 3 unspecified atom stereocenters. The molecule has 2 heterocycles. The number of likely N-dealkylation sites (tertiary alicyclic amines) is 1. The van der Waals surface area contributed by atoms with Gasteiger partial charge in [0.2, 0.25) is 0 Å². The van der Waals surface area contributed by atoms with Crippen LogP contribution in [0.1, 0.15) is 26.2 Å². The lowest BCUT2D eigenvalue weighted by molar-refractivity contribution is 0.182. The number of hydrogen-bond acceptors (Lipinski definition) is 2. The van der Waals surface area contributed by atoms with Crippen molar-refractivity contribution in [3.05, 3.63) is 0 Å². The number of urea groups is 1. The largest absolute Gasteiger partial charge is 0.335 e. The molecule has 2 aliphatic heterocycles. The second-order valence-electron chi connectivity index (χ2n) is 5.43. The number of nitrogens with one attached hydrogen (secondary N) is 2. The Morgan fingerprint density at radius 3 is 2.94 bits per heavy atom. The van der Waals surface area contributed by atoms with Gasteiger partial charge in [-0.05, 0) is 31.1 Å². The molecule has 0 spiro atoms. The molecule has 0 aromatic heterocycles. The molecule has 0 radical (unpaired) electrons. The zero-order valence-corrected chi connectivity index (χ0v) is 9.91. The average Bonchev–Trinajstić information content (AvgIpc) is 2.85. The molecule has 3 atom stereocenters. The van der Waals surface area contributed by atoms with E-state index < -0.39 is 0 Å². The molecule has 4 heteroatoms. The van der Waals surface area contributed by atoms with Gasteiger partial charge in [-0.2, -0.15) is 0 Å². The van der Waals surface area contributed by atoms with Crippen molar-refractivity contribution in [1.82, 2.24) is 15.5 Å². The Bertz CT molecular complexity index is 290. The molecule has 0 aromatic rings. The molecule has 2 saturated heterocycles. The Balaban J connectivity index is 1.67. The summed E-state index contributed by atoms with van der Waals surface area (Å²) in [7, 11) is 0. The van der Waals surface area contributed by atoms with E-state index in [1.807, 2.05) is 0 Å². The molecule has 2 amide bonds. The summed E-state index contributed by atoms with van der Waals surface area (Å²) in [5.41, 5.74) is 0. The molecule has 4 nitrogen and oxygen atoms in total. The van der Waals surface area contributed by atoms with E-state index in [4.69, 9.17) is 0 Å². The van der Waals surface area contributed by atoms with Gasteiger partial charge in [-0.3, -0.25) is 0 Å². The molecule has 1 saturated carbocycles. The highest BCUT2D eigenvalue weighted by molar-refractivity contribution is 5.75. The first-order valence-electron chi connectivity index (χ1n) is 6.57. The van der Waals surface area contributed by atoms with Gasteiger partial charge in [0, 0.05) is 31.7 Å². The number of fused-ring (bicyclic) bond motifs is 1. The summed E-state index contributed by atoms with van der Waals surface area (Å²) in [5, 5.41) is 6.56. The van der Waals surface area contributed by atoms with Gasteiger partial charge in [-0.25, -0.2) is 4.79 Å². The van der Waals surface area contributed by atoms with E-state index in [0.29, 0.717) is 23.9 Å². The lowest BCUT2D eigenvalue weighted by Crippen LogP contribution is -2.45. The van der Waals surface area contributed by atoms with E-state index in [9.17, 15) is 4.79 Å². The molecule has 3 aliphatic rings. The van der Waals surface area contributed by atoms with Gasteiger partial charge in [0.25, 0.3) is 0 Å². The lowest BCUT2D eigenvalue weighted by atomic mass is 9.93. The highest BCUT2D eigenvalue weighted by Gasteiger charge is 2.45. The predicted octanol–water partition coefficient (Wildman–Crippen LogP) is 0.788. The smallest absolute Gasteiger partial charge is 0.317 e. The standard InChI is InChI=1S/C12H21N3O/c1-2-11-10-6-13-5-8(10)7-15(11)12(16)14-9-3-4-9/h8-11,13H,2-7H2,1H3,(H,14,16). The van der Waals surface area contributed by atoms with E-state index >= 15 is 0 Å². The van der Waals surface area contributed by atoms with Crippen molar-refractivity contribution >= 4 is 6.03 Å². The third-order valence-corrected chi connectivity index (χ3v) is 4.30. The summed E-state index contributed by atoms with van der Waals surface area (Å²) in [6.45, 7) is 5.34. The van der Waals surface area contributed by atoms with Crippen molar-refractivity contribution in [3.63, 3.8) is 0 Å². The highest BCUT2D eigenvalue weighted by Crippen LogP contribution is 2.34. The summed E-state index contributed by atoms with van der Waals surface area (Å²) in [6.07, 6.45) is 3.43. The van der Waals surface area contributed by atoms with Crippen LogP contribution in [0, 0.1) is 11.8 Å². The molecule has 90 valence electrons. The van der Waals surface area contributed by atoms with Crippen LogP contribution >= 0.6 is 0 Å². The van der Waals surface area contributed by atoms with Crippen molar-refractivity contribution in [2.24, 2.45) is 11.8 Å². The number of amides is 2. The topological polar surface area (TPSA) is 44.4 Å². The van der Waals surface area contributed by atoms with E-state index in [1.54, 1.807) is 0 Å². The summed E-state index contributed by atoms with van der Waals surface area (Å²) in [4.78, 5) is 14.2. The van der Waals surface area contributed by atoms with Gasteiger partial charge in [0.05, 0.1) is 0 Å². The number of carbonyl (C=O) groups excluding carboxylic acids is 1. The molecule has 0 bridgehead atoms. The van der Waals surface area contributed by atoms with E-state index in [0.717, 1.165) is 26.1 Å². The number of rotatable bonds is 2. The maximum Gasteiger partial charge on any atom is 0.317 e. The van der Waals surface area contributed by atoms with Gasteiger partial charge in [-0.1, -0.05) is 6.92 Å². The predicted molar refractivity (Wildman–Crippen MR) is 62.2 cm³/mol. The Labute approximate surface area is 96.8 Å². The van der Waals surface area contributed by atoms with Crippen LogP contribution in [0.5, 0.6) is 0 Å². The number of carbonyl (C=O) groups is 1. The van der Waals surface area contributed by atoms with Gasteiger partial charge in [-0.15, -0.1) is 0 Å². The molecule has 16 heavy (non-hydrogen) atoms. The van der Waals surface area contributed by atoms with E-state index in [-0.39, 0.29) is 6.03 Å². The Morgan fingerprint density at radius 1 is 1.44 bits per heavy atom. The quantitative estimate of drug-likeness (QED) is 0.727. The van der Waals surface area contributed by atoms with Crippen LogP contribution in [0.4, 0.5) is 4.79 Å². The van der Waals surface area contributed by atoms with Crippen molar-refractivity contribution in [3.8, 4) is 0 Å². The van der Waals surface area contributed by atoms with Crippen LogP contribution in [0.3, 0.4) is 0 Å². The first-order chi connectivity index (χ1) is 7.79. The molecule has 0 aromatic carbocycles. The molecular weight excluding hydrogens is 202 g/mol. The minimum Gasteiger partial charge on any atom is -0.335 e. The molecule has 1 aliphatic carbocycles. The van der Waals surface area contributed by atoms with Gasteiger partial charge < -0.3 is 15.5 Å². The fourth-order valence-electron chi connectivity index (χ4n) is 3.26. The third-order valence-electron chi connectivity index (χ3n) is 4.30. The minimum atomic E-state index is 0.184. The molecule has 2 N–H and O–H groups in total. The van der Waals surface area contributed by atoms with Gasteiger partial charge in [0.15, 0.2) is 0 Å². The summed E-state index contributed by atoms with van der Waals surface area (Å²) in [6, 6.07) is 1.12. The van der Waals surface area contributed by atoms with Crippen molar-refractivity contribution in [2.75, 3.05) is 19.6 Å². The fourth-order valence-corrected chi connectivity index (χ4v) is 3.26. The van der Waals surface area contributed by atoms with E-state index in [2.05, 4.69) is 22.5 Å². The SMILES string of the molecule is CCC1C2CNCC2CN1C(=O)NC1CC1. The lowest BCUT2D eigenvalue weighted by Gasteiger charge is -2.27. The second-order valence-corrected chi connectivity index (χ2v) is 5.43.